The van der Waals surface area contributed by atoms with E-state index in [4.69, 9.17) is 9.47 Å². The third-order valence-electron chi connectivity index (χ3n) is 10.8. The highest BCUT2D eigenvalue weighted by Crippen LogP contribution is 2.68. The summed E-state index contributed by atoms with van der Waals surface area (Å²) in [5.74, 6) is 2.01. The number of carbonyl (C=O) groups is 2. The summed E-state index contributed by atoms with van der Waals surface area (Å²) in [5, 5.41) is 18.8. The molecular formula is C28H43N3O5. The Kier molecular flexibility index (Phi) is 6.82. The smallest absolute Gasteiger partial charge is 0.360 e. The molecule has 4 aliphatic rings. The first-order chi connectivity index (χ1) is 17.1. The van der Waals surface area contributed by atoms with Crippen LogP contribution in [0.4, 0.5) is 0 Å². The van der Waals surface area contributed by atoms with Crippen molar-refractivity contribution in [1.29, 1.82) is 0 Å². The fraction of sp³-hybridized carbons (Fsp3) is 0.857. The van der Waals surface area contributed by atoms with Gasteiger partial charge in [0.1, 0.15) is 6.54 Å². The normalized spacial score (nSPS) is 41.8. The molecule has 200 valence electrons. The molecule has 1 N–H and O–H groups in total. The molecule has 1 aromatic rings. The molecule has 1 aromatic heterocycles. The third-order valence-corrected chi connectivity index (χ3v) is 10.8. The van der Waals surface area contributed by atoms with Gasteiger partial charge >= 0.3 is 5.97 Å². The van der Waals surface area contributed by atoms with Crippen LogP contribution in [0.15, 0.2) is 6.20 Å². The molecule has 0 bridgehead atoms. The summed E-state index contributed by atoms with van der Waals surface area (Å²) in [4.78, 5) is 25.5. The second-order valence-electron chi connectivity index (χ2n) is 12.7. The maximum atomic E-state index is 13.6. The first-order valence-corrected chi connectivity index (χ1v) is 13.9. The van der Waals surface area contributed by atoms with E-state index in [2.05, 4.69) is 17.2 Å². The van der Waals surface area contributed by atoms with Crippen LogP contribution in [0.1, 0.15) is 89.0 Å². The molecular weight excluding hydrogens is 458 g/mol. The minimum Gasteiger partial charge on any atom is -0.461 e. The van der Waals surface area contributed by atoms with Crippen molar-refractivity contribution < 1.29 is 24.2 Å². The summed E-state index contributed by atoms with van der Waals surface area (Å²) < 4.78 is 12.4. The number of ether oxygens (including phenoxy) is 2. The number of Topliss-reactive ketones (excluding diaryl/α,β-unsaturated/α-hetero) is 1. The maximum Gasteiger partial charge on any atom is 0.360 e. The molecule has 0 amide bonds. The number of nitrogens with zero attached hydrogens (tertiary/aromatic N) is 3. The minimum atomic E-state index is -0.558. The molecule has 5 rings (SSSR count). The Balaban J connectivity index is 1.32. The summed E-state index contributed by atoms with van der Waals surface area (Å²) in [7, 11) is 1.83. The van der Waals surface area contributed by atoms with Crippen LogP contribution in [-0.2, 0) is 20.8 Å². The van der Waals surface area contributed by atoms with Crippen molar-refractivity contribution in [2.75, 3.05) is 20.3 Å². The van der Waals surface area contributed by atoms with Gasteiger partial charge in [-0.25, -0.2) is 9.48 Å². The van der Waals surface area contributed by atoms with E-state index < -0.39 is 11.6 Å². The van der Waals surface area contributed by atoms with Crippen LogP contribution in [0.25, 0.3) is 0 Å². The van der Waals surface area contributed by atoms with Crippen molar-refractivity contribution in [3.8, 4) is 0 Å². The van der Waals surface area contributed by atoms with Gasteiger partial charge in [0.25, 0.3) is 0 Å². The number of carbonyl (C=O) groups excluding carboxylic acids is 2. The fourth-order valence-electron chi connectivity index (χ4n) is 9.26. The first kappa shape index (κ1) is 25.8. The van der Waals surface area contributed by atoms with Gasteiger partial charge in [-0.1, -0.05) is 12.1 Å². The van der Waals surface area contributed by atoms with Gasteiger partial charge in [-0.3, -0.25) is 4.79 Å². The van der Waals surface area contributed by atoms with E-state index in [9.17, 15) is 14.7 Å². The van der Waals surface area contributed by atoms with Gasteiger partial charge in [-0.05, 0) is 106 Å². The number of ketones is 1. The van der Waals surface area contributed by atoms with E-state index in [1.807, 2.05) is 14.0 Å². The van der Waals surface area contributed by atoms with Gasteiger partial charge in [0, 0.05) is 13.0 Å². The average molecular weight is 502 g/mol. The van der Waals surface area contributed by atoms with Gasteiger partial charge in [0.05, 0.1) is 25.0 Å². The van der Waals surface area contributed by atoms with E-state index >= 15 is 0 Å². The quantitative estimate of drug-likeness (QED) is 0.562. The molecule has 4 saturated carbocycles. The summed E-state index contributed by atoms with van der Waals surface area (Å²) in [6.07, 6.45) is 10.9. The zero-order valence-corrected chi connectivity index (χ0v) is 22.4. The number of rotatable bonds is 7. The molecule has 4 fully saturated rings. The predicted molar refractivity (Wildman–Crippen MR) is 133 cm³/mol. The van der Waals surface area contributed by atoms with Crippen molar-refractivity contribution in [2.45, 2.75) is 90.7 Å². The van der Waals surface area contributed by atoms with Gasteiger partial charge in [0.15, 0.2) is 11.5 Å². The van der Waals surface area contributed by atoms with Crippen LogP contribution in [0, 0.1) is 40.4 Å². The standard InChI is InChI=1S/C28H43N3O5/c1-5-36-25(33)23-15-31(30-29-23)16-24(32)22-9-8-20-19-7-6-18-14-26(2,34)12-13-28(18,17-35-4)21(19)10-11-27(20,22)3/h15,18-22,34H,5-14,16-17H2,1-4H3/t18?,19-,20-,21?,22+,26+,27-,28+/m0/s1. The Morgan fingerprint density at radius 1 is 1.11 bits per heavy atom. The molecule has 0 aromatic carbocycles. The molecule has 4 aliphatic carbocycles. The van der Waals surface area contributed by atoms with Gasteiger partial charge in [-0.15, -0.1) is 5.10 Å². The Morgan fingerprint density at radius 3 is 2.67 bits per heavy atom. The lowest BCUT2D eigenvalue weighted by Crippen LogP contribution is -2.58. The van der Waals surface area contributed by atoms with Gasteiger partial charge in [0.2, 0.25) is 0 Å². The van der Waals surface area contributed by atoms with E-state index in [1.54, 1.807) is 6.92 Å². The van der Waals surface area contributed by atoms with Crippen molar-refractivity contribution in [3.05, 3.63) is 11.9 Å². The van der Waals surface area contributed by atoms with Crippen LogP contribution in [0.5, 0.6) is 0 Å². The van der Waals surface area contributed by atoms with Crippen LogP contribution >= 0.6 is 0 Å². The van der Waals surface area contributed by atoms with Gasteiger partial charge in [-0.2, -0.15) is 0 Å². The molecule has 1 heterocycles. The maximum absolute atomic E-state index is 13.6. The minimum absolute atomic E-state index is 0.00403. The van der Waals surface area contributed by atoms with Crippen molar-refractivity contribution in [3.63, 3.8) is 0 Å². The predicted octanol–water partition coefficient (Wildman–Crippen LogP) is 4.06. The van der Waals surface area contributed by atoms with Crippen molar-refractivity contribution in [2.24, 2.45) is 40.4 Å². The lowest BCUT2D eigenvalue weighted by Gasteiger charge is -2.62. The molecule has 0 spiro atoms. The number of hydrogen-bond acceptors (Lipinski definition) is 7. The van der Waals surface area contributed by atoms with Crippen LogP contribution in [-0.4, -0.2) is 57.8 Å². The number of aliphatic hydroxyl groups is 1. The Hall–Kier alpha value is -1.80. The second-order valence-corrected chi connectivity index (χ2v) is 12.7. The number of hydrogen-bond donors (Lipinski definition) is 1. The molecule has 8 heteroatoms. The molecule has 2 unspecified atom stereocenters. The Bertz CT molecular complexity index is 992. The van der Waals surface area contributed by atoms with E-state index in [0.717, 1.165) is 58.0 Å². The van der Waals surface area contributed by atoms with Crippen molar-refractivity contribution >= 4 is 11.8 Å². The summed E-state index contributed by atoms with van der Waals surface area (Å²) in [6, 6.07) is 0. The highest BCUT2D eigenvalue weighted by molar-refractivity contribution is 5.87. The number of esters is 1. The molecule has 0 radical (unpaired) electrons. The number of fused-ring (bicyclic) bond motifs is 5. The zero-order valence-electron chi connectivity index (χ0n) is 22.4. The zero-order chi connectivity index (χ0) is 25.7. The van der Waals surface area contributed by atoms with Crippen LogP contribution in [0.3, 0.4) is 0 Å². The summed E-state index contributed by atoms with van der Waals surface area (Å²) in [6.45, 7) is 7.33. The summed E-state index contributed by atoms with van der Waals surface area (Å²) >= 11 is 0. The lowest BCUT2D eigenvalue weighted by molar-refractivity contribution is -0.175. The van der Waals surface area contributed by atoms with E-state index in [1.165, 1.54) is 17.3 Å². The van der Waals surface area contributed by atoms with E-state index in [-0.39, 0.29) is 41.4 Å². The van der Waals surface area contributed by atoms with E-state index in [0.29, 0.717) is 23.7 Å². The largest absolute Gasteiger partial charge is 0.461 e. The monoisotopic (exact) mass is 501 g/mol. The van der Waals surface area contributed by atoms with Crippen LogP contribution in [0.2, 0.25) is 0 Å². The first-order valence-electron chi connectivity index (χ1n) is 13.9. The number of methoxy groups -OCH3 is 1. The lowest BCUT2D eigenvalue weighted by atomic mass is 9.43. The third kappa shape index (κ3) is 4.22. The Morgan fingerprint density at radius 2 is 1.92 bits per heavy atom. The highest BCUT2D eigenvalue weighted by atomic mass is 16.5. The highest BCUT2D eigenvalue weighted by Gasteiger charge is 2.63. The second kappa shape index (κ2) is 9.50. The molecule has 36 heavy (non-hydrogen) atoms. The number of aromatic nitrogens is 3. The molecule has 0 aliphatic heterocycles. The Labute approximate surface area is 214 Å². The molecule has 8 atom stereocenters. The average Bonchev–Trinajstić information content (AvgIpc) is 3.43. The van der Waals surface area contributed by atoms with Gasteiger partial charge < -0.3 is 14.6 Å². The van der Waals surface area contributed by atoms with Crippen LogP contribution < -0.4 is 0 Å². The van der Waals surface area contributed by atoms with Crippen molar-refractivity contribution in [1.82, 2.24) is 15.0 Å². The summed E-state index contributed by atoms with van der Waals surface area (Å²) in [5.41, 5.74) is -0.248. The molecule has 0 saturated heterocycles. The topological polar surface area (TPSA) is 104 Å². The SMILES string of the molecule is CCOC(=O)c1cn(CC(=O)[C@H]2CC[C@H]3[C@@H]4CCC5C[C@](C)(O)CC[C@]5(COC)C4CC[C@]23C)nn1. The molecule has 8 nitrogen and oxygen atoms in total. The fourth-order valence-corrected chi connectivity index (χ4v) is 9.26.